The molecule has 1 amide bonds. The van der Waals surface area contributed by atoms with Gasteiger partial charge in [0.1, 0.15) is 15.8 Å². The Hall–Kier alpha value is -3.37. The zero-order chi connectivity index (χ0) is 25.7. The Morgan fingerprint density at radius 3 is 2.86 bits per heavy atom. The molecule has 2 saturated heterocycles. The van der Waals surface area contributed by atoms with E-state index >= 15 is 0 Å². The summed E-state index contributed by atoms with van der Waals surface area (Å²) in [6, 6.07) is 9.63. The number of thioether (sulfide) groups is 1. The number of amides is 1. The fourth-order valence-electron chi connectivity index (χ4n) is 5.05. The first kappa shape index (κ1) is 24.0. The van der Waals surface area contributed by atoms with Crippen LogP contribution in [0.15, 0.2) is 46.2 Å². The molecular weight excluding hydrogens is 508 g/mol. The lowest BCUT2D eigenvalue weighted by molar-refractivity contribution is -0.122. The second-order valence-corrected chi connectivity index (χ2v) is 11.2. The summed E-state index contributed by atoms with van der Waals surface area (Å²) in [6.07, 6.45) is 6.63. The van der Waals surface area contributed by atoms with Crippen LogP contribution >= 0.6 is 24.0 Å². The van der Waals surface area contributed by atoms with Crippen LogP contribution in [0.2, 0.25) is 0 Å². The van der Waals surface area contributed by atoms with Crippen LogP contribution in [-0.2, 0) is 11.3 Å². The number of aromatic nitrogens is 2. The third-order valence-corrected chi connectivity index (χ3v) is 8.44. The highest BCUT2D eigenvalue weighted by atomic mass is 32.2. The fourth-order valence-corrected chi connectivity index (χ4v) is 6.28. The number of fused-ring (bicyclic) bond motifs is 2. The second kappa shape index (κ2) is 9.50. The van der Waals surface area contributed by atoms with Gasteiger partial charge in [-0.3, -0.25) is 18.9 Å². The Balaban J connectivity index is 1.40. The van der Waals surface area contributed by atoms with Crippen molar-refractivity contribution < 1.29 is 14.3 Å². The molecule has 1 unspecified atom stereocenters. The molecule has 5 heterocycles. The SMILES string of the molecule is Cc1cccn2c(=O)c(C=C3SC(=S)N(Cc4ccc5c(c4)OCO5)C3=O)c(N3CCCCC3C)nc12. The summed E-state index contributed by atoms with van der Waals surface area (Å²) in [6.45, 7) is 5.43. The Morgan fingerprint density at radius 1 is 1.19 bits per heavy atom. The number of hydrogen-bond donors (Lipinski definition) is 0. The number of thiocarbonyl (C=S) groups is 1. The molecule has 2 fully saturated rings. The minimum atomic E-state index is -0.223. The Labute approximate surface area is 223 Å². The van der Waals surface area contributed by atoms with Crippen LogP contribution in [0.4, 0.5) is 5.82 Å². The van der Waals surface area contributed by atoms with E-state index in [4.69, 9.17) is 26.7 Å². The number of aryl methyl sites for hydroxylation is 1. The number of piperidine rings is 1. The molecular formula is C27H26N4O4S2. The molecule has 3 aliphatic heterocycles. The number of ether oxygens (including phenoxy) is 2. The van der Waals surface area contributed by atoms with Crippen LogP contribution in [0.25, 0.3) is 11.7 Å². The maximum Gasteiger partial charge on any atom is 0.267 e. The van der Waals surface area contributed by atoms with Gasteiger partial charge in [-0.2, -0.15) is 0 Å². The Morgan fingerprint density at radius 2 is 2.03 bits per heavy atom. The summed E-state index contributed by atoms with van der Waals surface area (Å²) >= 11 is 6.79. The van der Waals surface area contributed by atoms with Crippen molar-refractivity contribution in [2.75, 3.05) is 18.2 Å². The van der Waals surface area contributed by atoms with Gasteiger partial charge in [-0.25, -0.2) is 4.98 Å². The molecule has 190 valence electrons. The molecule has 3 aliphatic rings. The summed E-state index contributed by atoms with van der Waals surface area (Å²) in [5.74, 6) is 1.75. The van der Waals surface area contributed by atoms with E-state index in [1.54, 1.807) is 21.6 Å². The van der Waals surface area contributed by atoms with E-state index in [1.165, 1.54) is 11.8 Å². The van der Waals surface area contributed by atoms with Crippen molar-refractivity contribution in [3.63, 3.8) is 0 Å². The van der Waals surface area contributed by atoms with Gasteiger partial charge in [-0.05, 0) is 68.5 Å². The van der Waals surface area contributed by atoms with Gasteiger partial charge in [-0.1, -0.05) is 36.1 Å². The zero-order valence-electron chi connectivity index (χ0n) is 20.6. The first-order valence-corrected chi connectivity index (χ1v) is 13.6. The lowest BCUT2D eigenvalue weighted by Crippen LogP contribution is -2.40. The molecule has 0 spiro atoms. The number of nitrogens with zero attached hydrogens (tertiary/aromatic N) is 4. The van der Waals surface area contributed by atoms with Gasteiger partial charge >= 0.3 is 0 Å². The fraction of sp³-hybridized carbons (Fsp3) is 0.333. The third-order valence-electron chi connectivity index (χ3n) is 7.07. The summed E-state index contributed by atoms with van der Waals surface area (Å²) in [5, 5.41) is 0. The van der Waals surface area contributed by atoms with E-state index in [9.17, 15) is 9.59 Å². The first-order chi connectivity index (χ1) is 17.9. The van der Waals surface area contributed by atoms with Crippen LogP contribution in [0.5, 0.6) is 11.5 Å². The van der Waals surface area contributed by atoms with E-state index in [2.05, 4.69) is 11.8 Å². The molecule has 2 aromatic heterocycles. The summed E-state index contributed by atoms with van der Waals surface area (Å²) in [7, 11) is 0. The monoisotopic (exact) mass is 534 g/mol. The lowest BCUT2D eigenvalue weighted by Gasteiger charge is -2.35. The highest BCUT2D eigenvalue weighted by Crippen LogP contribution is 2.37. The number of anilines is 1. The molecule has 0 bridgehead atoms. The number of benzene rings is 1. The normalized spacial score (nSPS) is 20.5. The standard InChI is InChI=1S/C27H26N4O4S2/c1-16-6-5-11-30-23(16)28-24(29-10-4-3-7-17(29)2)19(25(30)32)13-22-26(33)31(27(36)37-22)14-18-8-9-20-21(12-18)35-15-34-20/h5-6,8-9,11-13,17H,3-4,7,10,14-15H2,1-2H3. The van der Waals surface area contributed by atoms with Gasteiger partial charge in [-0.15, -0.1) is 0 Å². The number of hydrogen-bond acceptors (Lipinski definition) is 8. The summed E-state index contributed by atoms with van der Waals surface area (Å²) in [4.78, 5) is 36.4. The van der Waals surface area contributed by atoms with Gasteiger partial charge in [0.05, 0.1) is 17.0 Å². The van der Waals surface area contributed by atoms with Crippen molar-refractivity contribution in [1.82, 2.24) is 14.3 Å². The van der Waals surface area contributed by atoms with Gasteiger partial charge in [0.15, 0.2) is 11.5 Å². The van der Waals surface area contributed by atoms with Crippen molar-refractivity contribution in [3.05, 3.63) is 68.5 Å². The first-order valence-electron chi connectivity index (χ1n) is 12.3. The molecule has 3 aromatic rings. The number of pyridine rings is 1. The van der Waals surface area contributed by atoms with Crippen LogP contribution in [0.3, 0.4) is 0 Å². The Kier molecular flexibility index (Phi) is 6.16. The molecule has 1 atom stereocenters. The minimum Gasteiger partial charge on any atom is -0.454 e. The van der Waals surface area contributed by atoms with Crippen LogP contribution < -0.4 is 19.9 Å². The van der Waals surface area contributed by atoms with Crippen molar-refractivity contribution >= 4 is 51.7 Å². The predicted octanol–water partition coefficient (Wildman–Crippen LogP) is 4.51. The van der Waals surface area contributed by atoms with E-state index in [0.29, 0.717) is 44.3 Å². The van der Waals surface area contributed by atoms with E-state index in [1.807, 2.05) is 37.3 Å². The summed E-state index contributed by atoms with van der Waals surface area (Å²) < 4.78 is 12.9. The maximum absolute atomic E-state index is 13.8. The minimum absolute atomic E-state index is 0.190. The van der Waals surface area contributed by atoms with Crippen molar-refractivity contribution in [3.8, 4) is 11.5 Å². The van der Waals surface area contributed by atoms with Gasteiger partial charge in [0.2, 0.25) is 6.79 Å². The average Bonchev–Trinajstić information content (AvgIpc) is 3.46. The molecule has 0 radical (unpaired) electrons. The largest absolute Gasteiger partial charge is 0.454 e. The predicted molar refractivity (Wildman–Crippen MR) is 148 cm³/mol. The molecule has 37 heavy (non-hydrogen) atoms. The van der Waals surface area contributed by atoms with Crippen LogP contribution in [0.1, 0.15) is 42.9 Å². The molecule has 1 aromatic carbocycles. The number of carbonyl (C=O) groups is 1. The van der Waals surface area contributed by atoms with E-state index in [0.717, 1.165) is 36.9 Å². The molecule has 10 heteroatoms. The molecule has 6 rings (SSSR count). The van der Waals surface area contributed by atoms with Gasteiger partial charge in [0.25, 0.3) is 11.5 Å². The third kappa shape index (κ3) is 4.27. The zero-order valence-corrected chi connectivity index (χ0v) is 22.2. The van der Waals surface area contributed by atoms with Crippen molar-refractivity contribution in [1.29, 1.82) is 0 Å². The number of carbonyl (C=O) groups excluding carboxylic acids is 1. The second-order valence-electron chi connectivity index (χ2n) is 9.53. The maximum atomic E-state index is 13.8. The Bertz CT molecular complexity index is 1530. The molecule has 0 saturated carbocycles. The van der Waals surface area contributed by atoms with Crippen LogP contribution in [0, 0.1) is 6.92 Å². The van der Waals surface area contributed by atoms with Crippen molar-refractivity contribution in [2.45, 2.75) is 45.7 Å². The van der Waals surface area contributed by atoms with E-state index in [-0.39, 0.29) is 24.3 Å². The molecule has 8 nitrogen and oxygen atoms in total. The quantitative estimate of drug-likeness (QED) is 0.358. The number of rotatable bonds is 4. The van der Waals surface area contributed by atoms with Crippen molar-refractivity contribution in [2.24, 2.45) is 0 Å². The summed E-state index contributed by atoms with van der Waals surface area (Å²) in [5.41, 5.74) is 2.66. The highest BCUT2D eigenvalue weighted by molar-refractivity contribution is 8.26. The smallest absolute Gasteiger partial charge is 0.267 e. The van der Waals surface area contributed by atoms with Crippen LogP contribution in [-0.4, -0.2) is 43.9 Å². The average molecular weight is 535 g/mol. The van der Waals surface area contributed by atoms with E-state index < -0.39 is 0 Å². The van der Waals surface area contributed by atoms with Gasteiger partial charge in [0, 0.05) is 18.8 Å². The topological polar surface area (TPSA) is 76.4 Å². The molecule has 0 N–H and O–H groups in total. The molecule has 0 aliphatic carbocycles. The van der Waals surface area contributed by atoms with Gasteiger partial charge < -0.3 is 14.4 Å². The highest BCUT2D eigenvalue weighted by Gasteiger charge is 2.34. The lowest BCUT2D eigenvalue weighted by atomic mass is 10.0.